The van der Waals surface area contributed by atoms with Crippen LogP contribution in [0.5, 0.6) is 11.6 Å². The zero-order valence-electron chi connectivity index (χ0n) is 34.4. The van der Waals surface area contributed by atoms with Gasteiger partial charge in [0.1, 0.15) is 33.7 Å². The van der Waals surface area contributed by atoms with E-state index >= 15 is 0 Å². The fraction of sp³-hybridized carbons (Fsp3) is 0.211. The quantitative estimate of drug-likeness (QED) is 0.0769. The zero-order valence-corrected chi connectivity index (χ0v) is 37.7. The number of pyridine rings is 1. The van der Waals surface area contributed by atoms with E-state index in [-0.39, 0.29) is 22.9 Å². The van der Waals surface area contributed by atoms with Crippen molar-refractivity contribution in [3.05, 3.63) is 102 Å². The zero-order chi connectivity index (χ0) is 48.5. The Morgan fingerprint density at radius 3 is 1.89 bits per heavy atom. The van der Waals surface area contributed by atoms with Gasteiger partial charge in [-0.2, -0.15) is 37.4 Å². The number of nitrogens with zero attached hydrogens (tertiary/aromatic N) is 9. The van der Waals surface area contributed by atoms with Gasteiger partial charge in [0.25, 0.3) is 20.2 Å². The van der Waals surface area contributed by atoms with Crippen molar-refractivity contribution < 1.29 is 61.0 Å². The Balaban J connectivity index is 0.000000762. The summed E-state index contributed by atoms with van der Waals surface area (Å²) in [7, 11) is -14.6. The molecule has 0 radical (unpaired) electrons. The molecule has 0 amide bonds. The first-order chi connectivity index (χ1) is 30.6. The highest BCUT2D eigenvalue weighted by Crippen LogP contribution is 2.42. The highest BCUT2D eigenvalue weighted by Gasteiger charge is 2.23. The first-order valence-electron chi connectivity index (χ1n) is 18.3. The van der Waals surface area contributed by atoms with Crippen molar-refractivity contribution in [2.45, 2.75) is 44.9 Å². The Morgan fingerprint density at radius 1 is 0.738 bits per heavy atom. The summed E-state index contributed by atoms with van der Waals surface area (Å²) < 4.78 is 119. The number of nitriles is 1. The summed E-state index contributed by atoms with van der Waals surface area (Å²) in [4.78, 5) is 4.12. The second-order valence-corrected chi connectivity index (χ2v) is 16.5. The first-order valence-corrected chi connectivity index (χ1v) is 23.6. The van der Waals surface area contributed by atoms with Crippen LogP contribution in [0.15, 0.2) is 121 Å². The number of fused-ring (bicyclic) bond motifs is 3. The van der Waals surface area contributed by atoms with Crippen LogP contribution in [-0.2, 0) is 47.9 Å². The van der Waals surface area contributed by atoms with E-state index in [2.05, 4.69) is 41.7 Å². The summed E-state index contributed by atoms with van der Waals surface area (Å²) in [6.45, 7) is 6.00. The molecule has 0 spiro atoms. The van der Waals surface area contributed by atoms with Gasteiger partial charge in [0.05, 0.1) is 41.0 Å². The van der Waals surface area contributed by atoms with E-state index in [0.29, 0.717) is 88.3 Å². The van der Waals surface area contributed by atoms with Crippen LogP contribution in [0.2, 0.25) is 0 Å². The average Bonchev–Trinajstić information content (AvgIpc) is 3.61. The molecular formula is C38H37N9O14S4. The average molecular weight is 972 g/mol. The topological polar surface area (TPSA) is 356 Å². The van der Waals surface area contributed by atoms with Gasteiger partial charge in [0.2, 0.25) is 5.88 Å². The minimum absolute atomic E-state index is 0.116. The minimum Gasteiger partial charge on any atom is -0.493 e. The monoisotopic (exact) mass is 971 g/mol. The summed E-state index contributed by atoms with van der Waals surface area (Å²) in [5.74, 6) is 0.110. The SMILES string of the molecule is CCCOc1cc(N=Nc2ccc(N=Nc3ccccc3)cc2S(=O)(=O)O)c(C)cc1N=Nc1c(CCC)c(C#N)c2nc3ccccc3n2c1O.CS(=O)(=O)O.O=S(=O)=O.O=S(=O)=O. The number of hydrogen-bond donors (Lipinski definition) is 3. The Kier molecular flexibility index (Phi) is 19.3. The molecule has 23 nitrogen and oxygen atoms in total. The van der Waals surface area contributed by atoms with Crippen molar-refractivity contribution >= 4 is 92.3 Å². The fourth-order valence-electron chi connectivity index (χ4n) is 5.47. The largest absolute Gasteiger partial charge is 0.493 e. The van der Waals surface area contributed by atoms with Gasteiger partial charge in [0, 0.05) is 11.6 Å². The molecule has 3 N–H and O–H groups in total. The Hall–Kier alpha value is -7.22. The van der Waals surface area contributed by atoms with E-state index in [0.717, 1.165) is 6.07 Å². The van der Waals surface area contributed by atoms with Crippen LogP contribution >= 0.6 is 0 Å². The molecule has 27 heteroatoms. The van der Waals surface area contributed by atoms with Crippen molar-refractivity contribution in [1.29, 1.82) is 5.26 Å². The number of rotatable bonds is 12. The Morgan fingerprint density at radius 2 is 1.31 bits per heavy atom. The van der Waals surface area contributed by atoms with Crippen LogP contribution in [0.25, 0.3) is 16.7 Å². The third kappa shape index (κ3) is 16.1. The van der Waals surface area contributed by atoms with Gasteiger partial charge in [-0.1, -0.05) is 50.6 Å². The van der Waals surface area contributed by atoms with E-state index in [1.54, 1.807) is 55.5 Å². The van der Waals surface area contributed by atoms with Gasteiger partial charge in [0.15, 0.2) is 11.3 Å². The molecule has 6 aromatic rings. The third-order valence-electron chi connectivity index (χ3n) is 7.93. The smallest absolute Gasteiger partial charge is 0.425 e. The van der Waals surface area contributed by atoms with Crippen LogP contribution in [-0.4, -0.2) is 78.5 Å². The molecule has 342 valence electrons. The first kappa shape index (κ1) is 52.1. The maximum absolute atomic E-state index is 12.3. The van der Waals surface area contributed by atoms with Crippen LogP contribution in [0.4, 0.5) is 34.1 Å². The summed E-state index contributed by atoms with van der Waals surface area (Å²) in [6.07, 6.45) is 2.53. The standard InChI is InChI=1S/C37H33N9O5S.CH4O3S.2O3S/c1-4-11-26-27(22-38)36-39-28-14-9-10-15-32(28)46(36)37(47)35(26)45-44-31-19-23(3)30(21-33(31)51-18-5-2)43-42-29-17-16-25(20-34(29)52(48,49)50)41-40-24-12-7-6-8-13-24;1-5(2,3)4;2*1-4(2)3/h6-10,12-17,19-21,47H,4-5,11,18H2,1-3H3,(H,48,49,50);1H3,(H,2,3,4);;. The van der Waals surface area contributed by atoms with E-state index in [1.165, 1.54) is 16.5 Å². The lowest BCUT2D eigenvalue weighted by molar-refractivity contribution is 0.318. The number of aromatic hydroxyl groups is 1. The molecule has 0 aliphatic carbocycles. The number of ether oxygens (including phenoxy) is 1. The molecule has 2 heterocycles. The van der Waals surface area contributed by atoms with E-state index in [4.69, 9.17) is 34.5 Å². The molecule has 0 saturated carbocycles. The molecule has 0 aliphatic heterocycles. The molecule has 0 unspecified atom stereocenters. The molecule has 6 rings (SSSR count). The molecule has 0 aliphatic rings. The van der Waals surface area contributed by atoms with Gasteiger partial charge in [-0.3, -0.25) is 13.5 Å². The minimum atomic E-state index is -4.71. The maximum atomic E-state index is 12.3. The van der Waals surface area contributed by atoms with E-state index in [1.807, 2.05) is 32.0 Å². The second kappa shape index (κ2) is 24.0. The molecule has 0 atom stereocenters. The van der Waals surface area contributed by atoms with Crippen LogP contribution in [0, 0.1) is 18.3 Å². The van der Waals surface area contributed by atoms with E-state index < -0.39 is 46.3 Å². The van der Waals surface area contributed by atoms with Crippen LogP contribution in [0.3, 0.4) is 0 Å². The lowest BCUT2D eigenvalue weighted by Crippen LogP contribution is -1.99. The van der Waals surface area contributed by atoms with Gasteiger partial charge in [-0.15, -0.1) is 40.6 Å². The maximum Gasteiger partial charge on any atom is 0.425 e. The van der Waals surface area contributed by atoms with Gasteiger partial charge in [-0.05, 0) is 73.9 Å². The number of azo groups is 3. The van der Waals surface area contributed by atoms with Gasteiger partial charge in [-0.25, -0.2) is 4.98 Å². The number of aromatic nitrogens is 2. The summed E-state index contributed by atoms with van der Waals surface area (Å²) in [5.41, 5.74) is 4.44. The highest BCUT2D eigenvalue weighted by molar-refractivity contribution is 7.86. The number of hydrogen-bond acceptors (Lipinski definition) is 20. The number of aryl methyl sites for hydroxylation is 1. The molecule has 0 saturated heterocycles. The van der Waals surface area contributed by atoms with Crippen molar-refractivity contribution in [3.8, 4) is 17.7 Å². The summed E-state index contributed by atoms with van der Waals surface area (Å²) in [5, 5.41) is 47.3. The fourth-order valence-corrected chi connectivity index (χ4v) is 6.11. The van der Waals surface area contributed by atoms with Crippen molar-refractivity contribution in [3.63, 3.8) is 0 Å². The van der Waals surface area contributed by atoms with Gasteiger partial charge < -0.3 is 9.84 Å². The lowest BCUT2D eigenvalue weighted by atomic mass is 10.0. The molecule has 0 bridgehead atoms. The third-order valence-corrected chi connectivity index (χ3v) is 8.81. The predicted molar refractivity (Wildman–Crippen MR) is 232 cm³/mol. The normalized spacial score (nSPS) is 11.3. The number of para-hydroxylation sites is 2. The number of benzene rings is 4. The lowest BCUT2D eigenvalue weighted by Gasteiger charge is -2.13. The molecule has 65 heavy (non-hydrogen) atoms. The molecule has 2 aromatic heterocycles. The predicted octanol–water partition coefficient (Wildman–Crippen LogP) is 8.10. The molecular weight excluding hydrogens is 935 g/mol. The van der Waals surface area contributed by atoms with E-state index in [9.17, 15) is 31.8 Å². The second-order valence-electron chi connectivity index (χ2n) is 12.8. The molecule has 4 aromatic carbocycles. The Bertz CT molecular complexity index is 3240. The summed E-state index contributed by atoms with van der Waals surface area (Å²) in [6, 6.07) is 25.7. The summed E-state index contributed by atoms with van der Waals surface area (Å²) >= 11 is 0. The number of imidazole rings is 1. The molecule has 0 fully saturated rings. The van der Waals surface area contributed by atoms with Crippen LogP contribution in [0.1, 0.15) is 43.4 Å². The van der Waals surface area contributed by atoms with Crippen LogP contribution < -0.4 is 4.74 Å². The van der Waals surface area contributed by atoms with Crippen molar-refractivity contribution in [2.24, 2.45) is 30.7 Å². The van der Waals surface area contributed by atoms with Crippen molar-refractivity contribution in [1.82, 2.24) is 9.38 Å². The Labute approximate surface area is 374 Å². The van der Waals surface area contributed by atoms with Gasteiger partial charge >= 0.3 is 21.2 Å². The highest BCUT2D eigenvalue weighted by atomic mass is 32.2. The van der Waals surface area contributed by atoms with Crippen molar-refractivity contribution in [2.75, 3.05) is 12.9 Å².